The van der Waals surface area contributed by atoms with E-state index in [1.165, 1.54) is 6.42 Å². The van der Waals surface area contributed by atoms with E-state index in [0.29, 0.717) is 23.7 Å². The van der Waals surface area contributed by atoms with E-state index in [1.54, 1.807) is 36.1 Å². The molecule has 2 aromatic carbocycles. The van der Waals surface area contributed by atoms with Crippen molar-refractivity contribution in [1.29, 1.82) is 0 Å². The fourth-order valence-electron chi connectivity index (χ4n) is 3.92. The van der Waals surface area contributed by atoms with Gasteiger partial charge in [-0.15, -0.1) is 0 Å². The van der Waals surface area contributed by atoms with Gasteiger partial charge in [-0.1, -0.05) is 73.3 Å². The van der Waals surface area contributed by atoms with Crippen molar-refractivity contribution < 1.29 is 14.3 Å². The van der Waals surface area contributed by atoms with Gasteiger partial charge in [0.15, 0.2) is 6.61 Å². The minimum absolute atomic E-state index is 0.106. The van der Waals surface area contributed by atoms with E-state index in [-0.39, 0.29) is 24.5 Å². The van der Waals surface area contributed by atoms with Crippen LogP contribution in [0.1, 0.15) is 44.6 Å². The van der Waals surface area contributed by atoms with Crippen LogP contribution in [0.25, 0.3) is 0 Å². The minimum atomic E-state index is -0.576. The van der Waals surface area contributed by atoms with Crippen LogP contribution in [0.5, 0.6) is 5.75 Å². The summed E-state index contributed by atoms with van der Waals surface area (Å²) in [5.74, 6) is 0.119. The standard InChI is InChI=1S/C25H31ClN2O3/c1-19(25(30)27-21-12-6-3-7-13-21)28(17-16-20-10-4-2-5-11-20)24(29)18-31-23-15-9-8-14-22(23)26/h2,4-5,8-11,14-15,19,21H,3,6-7,12-13,16-18H2,1H3,(H,27,30). The first-order chi connectivity index (χ1) is 15.0. The molecule has 0 heterocycles. The molecule has 1 saturated carbocycles. The molecule has 0 bridgehead atoms. The maximum Gasteiger partial charge on any atom is 0.261 e. The third kappa shape index (κ3) is 7.00. The van der Waals surface area contributed by atoms with E-state index in [0.717, 1.165) is 31.2 Å². The van der Waals surface area contributed by atoms with Crippen LogP contribution in [0.3, 0.4) is 0 Å². The molecule has 5 nitrogen and oxygen atoms in total. The lowest BCUT2D eigenvalue weighted by atomic mass is 9.95. The summed E-state index contributed by atoms with van der Waals surface area (Å²) in [7, 11) is 0. The summed E-state index contributed by atoms with van der Waals surface area (Å²) in [5.41, 5.74) is 1.12. The molecule has 1 N–H and O–H groups in total. The highest BCUT2D eigenvalue weighted by Gasteiger charge is 2.28. The Morgan fingerprint density at radius 2 is 1.74 bits per heavy atom. The monoisotopic (exact) mass is 442 g/mol. The second kappa shape index (κ2) is 11.8. The minimum Gasteiger partial charge on any atom is -0.482 e. The Hall–Kier alpha value is -2.53. The van der Waals surface area contributed by atoms with Gasteiger partial charge in [0.1, 0.15) is 11.8 Å². The topological polar surface area (TPSA) is 58.6 Å². The van der Waals surface area contributed by atoms with E-state index >= 15 is 0 Å². The van der Waals surface area contributed by atoms with Crippen molar-refractivity contribution in [2.24, 2.45) is 0 Å². The van der Waals surface area contributed by atoms with E-state index in [1.807, 2.05) is 30.3 Å². The summed E-state index contributed by atoms with van der Waals surface area (Å²) in [6, 6.07) is 16.6. The molecule has 166 valence electrons. The molecule has 31 heavy (non-hydrogen) atoms. The van der Waals surface area contributed by atoms with Crippen LogP contribution in [0.2, 0.25) is 5.02 Å². The lowest BCUT2D eigenvalue weighted by Gasteiger charge is -2.31. The van der Waals surface area contributed by atoms with Crippen molar-refractivity contribution in [3.8, 4) is 5.75 Å². The van der Waals surface area contributed by atoms with Crippen LogP contribution in [-0.2, 0) is 16.0 Å². The summed E-state index contributed by atoms with van der Waals surface area (Å²) in [5, 5.41) is 3.59. The van der Waals surface area contributed by atoms with Gasteiger partial charge in [0.2, 0.25) is 5.91 Å². The number of para-hydroxylation sites is 1. The second-order valence-electron chi connectivity index (χ2n) is 8.06. The van der Waals surface area contributed by atoms with Gasteiger partial charge in [-0.05, 0) is 43.9 Å². The highest BCUT2D eigenvalue weighted by atomic mass is 35.5. The molecular formula is C25H31ClN2O3. The number of ether oxygens (including phenoxy) is 1. The Labute approximate surface area is 189 Å². The summed E-state index contributed by atoms with van der Waals surface area (Å²) in [6.07, 6.45) is 6.18. The fourth-order valence-corrected chi connectivity index (χ4v) is 4.11. The van der Waals surface area contributed by atoms with E-state index in [2.05, 4.69) is 5.32 Å². The SMILES string of the molecule is CC(C(=O)NC1CCCCC1)N(CCc1ccccc1)C(=O)COc1ccccc1Cl. The zero-order valence-electron chi connectivity index (χ0n) is 18.1. The zero-order valence-corrected chi connectivity index (χ0v) is 18.8. The molecule has 0 radical (unpaired) electrons. The number of nitrogens with zero attached hydrogens (tertiary/aromatic N) is 1. The number of halogens is 1. The molecular weight excluding hydrogens is 412 g/mol. The molecule has 1 unspecified atom stereocenters. The highest BCUT2D eigenvalue weighted by Crippen LogP contribution is 2.23. The lowest BCUT2D eigenvalue weighted by molar-refractivity contribution is -0.141. The normalized spacial score (nSPS) is 15.2. The lowest BCUT2D eigenvalue weighted by Crippen LogP contribution is -2.52. The number of rotatable bonds is 9. The van der Waals surface area contributed by atoms with Crippen molar-refractivity contribution in [1.82, 2.24) is 10.2 Å². The first-order valence-electron chi connectivity index (χ1n) is 11.1. The van der Waals surface area contributed by atoms with Gasteiger partial charge in [-0.2, -0.15) is 0 Å². The number of nitrogens with one attached hydrogen (secondary N) is 1. The van der Waals surface area contributed by atoms with Crippen LogP contribution in [-0.4, -0.2) is 41.9 Å². The predicted molar refractivity (Wildman–Crippen MR) is 123 cm³/mol. The average Bonchev–Trinajstić information content (AvgIpc) is 2.80. The van der Waals surface area contributed by atoms with Crippen LogP contribution in [0.4, 0.5) is 0 Å². The maximum absolute atomic E-state index is 13.1. The van der Waals surface area contributed by atoms with Crippen LogP contribution < -0.4 is 10.1 Å². The van der Waals surface area contributed by atoms with Gasteiger partial charge in [0.05, 0.1) is 5.02 Å². The summed E-state index contributed by atoms with van der Waals surface area (Å²) < 4.78 is 5.66. The Kier molecular flexibility index (Phi) is 8.77. The Bertz CT molecular complexity index is 853. The number of carbonyl (C=O) groups excluding carboxylic acids is 2. The smallest absolute Gasteiger partial charge is 0.261 e. The molecule has 2 amide bonds. The predicted octanol–water partition coefficient (Wildman–Crippen LogP) is 4.63. The van der Waals surface area contributed by atoms with Crippen LogP contribution in [0, 0.1) is 0 Å². The zero-order chi connectivity index (χ0) is 22.1. The van der Waals surface area contributed by atoms with Crippen molar-refractivity contribution in [2.45, 2.75) is 57.5 Å². The maximum atomic E-state index is 13.1. The Morgan fingerprint density at radius 1 is 1.06 bits per heavy atom. The van der Waals surface area contributed by atoms with Crippen molar-refractivity contribution in [3.63, 3.8) is 0 Å². The molecule has 1 atom stereocenters. The van der Waals surface area contributed by atoms with E-state index in [9.17, 15) is 9.59 Å². The first kappa shape index (κ1) is 23.1. The molecule has 3 rings (SSSR count). The van der Waals surface area contributed by atoms with Crippen LogP contribution in [0.15, 0.2) is 54.6 Å². The quantitative estimate of drug-likeness (QED) is 0.616. The third-order valence-corrected chi connectivity index (χ3v) is 6.10. The molecule has 1 aliphatic carbocycles. The number of benzene rings is 2. The third-order valence-electron chi connectivity index (χ3n) is 5.79. The summed E-state index contributed by atoms with van der Waals surface area (Å²) in [4.78, 5) is 27.6. The highest BCUT2D eigenvalue weighted by molar-refractivity contribution is 6.32. The van der Waals surface area contributed by atoms with Crippen molar-refractivity contribution in [3.05, 3.63) is 65.2 Å². The molecule has 1 fully saturated rings. The van der Waals surface area contributed by atoms with Crippen LogP contribution >= 0.6 is 11.6 Å². The largest absolute Gasteiger partial charge is 0.482 e. The van der Waals surface area contributed by atoms with Gasteiger partial charge in [-0.3, -0.25) is 9.59 Å². The molecule has 6 heteroatoms. The molecule has 2 aromatic rings. The fraction of sp³-hybridized carbons (Fsp3) is 0.440. The van der Waals surface area contributed by atoms with Gasteiger partial charge < -0.3 is 15.0 Å². The molecule has 0 saturated heterocycles. The second-order valence-corrected chi connectivity index (χ2v) is 8.47. The Balaban J connectivity index is 1.65. The van der Waals surface area contributed by atoms with Gasteiger partial charge in [-0.25, -0.2) is 0 Å². The molecule has 1 aliphatic rings. The van der Waals surface area contributed by atoms with Gasteiger partial charge in [0, 0.05) is 12.6 Å². The number of hydrogen-bond acceptors (Lipinski definition) is 3. The molecule has 0 aromatic heterocycles. The molecule has 0 aliphatic heterocycles. The number of hydrogen-bond donors (Lipinski definition) is 1. The van der Waals surface area contributed by atoms with E-state index < -0.39 is 6.04 Å². The number of carbonyl (C=O) groups is 2. The van der Waals surface area contributed by atoms with Crippen molar-refractivity contribution >= 4 is 23.4 Å². The summed E-state index contributed by atoms with van der Waals surface area (Å²) in [6.45, 7) is 2.06. The van der Waals surface area contributed by atoms with Gasteiger partial charge in [0.25, 0.3) is 5.91 Å². The van der Waals surface area contributed by atoms with Gasteiger partial charge >= 0.3 is 0 Å². The Morgan fingerprint density at radius 3 is 2.45 bits per heavy atom. The summed E-state index contributed by atoms with van der Waals surface area (Å²) >= 11 is 6.14. The molecule has 0 spiro atoms. The average molecular weight is 443 g/mol. The van der Waals surface area contributed by atoms with E-state index in [4.69, 9.17) is 16.3 Å². The number of amides is 2. The van der Waals surface area contributed by atoms with Crippen molar-refractivity contribution in [2.75, 3.05) is 13.2 Å². The first-order valence-corrected chi connectivity index (χ1v) is 11.4.